The summed E-state index contributed by atoms with van der Waals surface area (Å²) in [5.74, 6) is 0.581. The predicted octanol–water partition coefficient (Wildman–Crippen LogP) is 2.75. The quantitative estimate of drug-likeness (QED) is 0.736. The van der Waals surface area contributed by atoms with E-state index < -0.39 is 0 Å². The van der Waals surface area contributed by atoms with Gasteiger partial charge in [-0.2, -0.15) is 0 Å². The van der Waals surface area contributed by atoms with E-state index in [9.17, 15) is 0 Å². The molecule has 2 N–H and O–H groups in total. The van der Waals surface area contributed by atoms with Gasteiger partial charge in [0.15, 0.2) is 0 Å². The number of fused-ring (bicyclic) bond motifs is 1. The minimum atomic E-state index is 0.499. The van der Waals surface area contributed by atoms with Gasteiger partial charge in [-0.05, 0) is 31.7 Å². The Morgan fingerprint density at radius 2 is 2.18 bits per heavy atom. The molecule has 1 aliphatic heterocycles. The molecule has 0 aromatic rings. The Kier molecular flexibility index (Phi) is 4.43. The zero-order chi connectivity index (χ0) is 12.1. The maximum atomic E-state index is 3.47. The number of hydrogen-bond acceptors (Lipinski definition) is 2. The van der Waals surface area contributed by atoms with E-state index in [1.54, 1.807) is 5.57 Å². The SMILES string of the molecule is CCCCC(CC1=CNC2C=CC=CC12)NC. The summed E-state index contributed by atoms with van der Waals surface area (Å²) in [6.07, 6.45) is 16.2. The molecule has 0 saturated carbocycles. The lowest BCUT2D eigenvalue weighted by Gasteiger charge is -2.22. The van der Waals surface area contributed by atoms with Crippen molar-refractivity contribution in [2.45, 2.75) is 44.7 Å². The van der Waals surface area contributed by atoms with Gasteiger partial charge in [0.25, 0.3) is 0 Å². The first-order valence-corrected chi connectivity index (χ1v) is 6.82. The molecule has 2 aliphatic rings. The minimum Gasteiger partial charge on any atom is -0.384 e. The highest BCUT2D eigenvalue weighted by Crippen LogP contribution is 2.29. The van der Waals surface area contributed by atoms with E-state index in [4.69, 9.17) is 0 Å². The summed E-state index contributed by atoms with van der Waals surface area (Å²) in [4.78, 5) is 0. The Hall–Kier alpha value is -1.02. The second kappa shape index (κ2) is 6.06. The van der Waals surface area contributed by atoms with Crippen molar-refractivity contribution >= 4 is 0 Å². The normalized spacial score (nSPS) is 27.5. The fourth-order valence-corrected chi connectivity index (χ4v) is 2.70. The molecule has 0 aromatic carbocycles. The van der Waals surface area contributed by atoms with Crippen LogP contribution in [0.15, 0.2) is 36.1 Å². The molecule has 2 rings (SSSR count). The molecule has 0 fully saturated rings. The van der Waals surface area contributed by atoms with Crippen LogP contribution in [0.4, 0.5) is 0 Å². The first-order valence-electron chi connectivity index (χ1n) is 6.82. The van der Waals surface area contributed by atoms with Crippen LogP contribution in [0.3, 0.4) is 0 Å². The van der Waals surface area contributed by atoms with Gasteiger partial charge in [0.1, 0.15) is 0 Å². The third-order valence-corrected chi connectivity index (χ3v) is 3.82. The summed E-state index contributed by atoms with van der Waals surface area (Å²) in [5.41, 5.74) is 1.55. The van der Waals surface area contributed by atoms with E-state index in [-0.39, 0.29) is 0 Å². The van der Waals surface area contributed by atoms with Crippen molar-refractivity contribution in [1.82, 2.24) is 10.6 Å². The molecule has 1 heterocycles. The fraction of sp³-hybridized carbons (Fsp3) is 0.600. The van der Waals surface area contributed by atoms with Crippen LogP contribution in [-0.4, -0.2) is 19.1 Å². The lowest BCUT2D eigenvalue weighted by molar-refractivity contribution is 0.481. The molecule has 0 radical (unpaired) electrons. The Balaban J connectivity index is 1.90. The van der Waals surface area contributed by atoms with Crippen LogP contribution in [0.2, 0.25) is 0 Å². The Morgan fingerprint density at radius 1 is 1.35 bits per heavy atom. The van der Waals surface area contributed by atoms with E-state index in [0.717, 1.165) is 0 Å². The summed E-state index contributed by atoms with van der Waals surface area (Å²) in [7, 11) is 2.08. The molecule has 0 amide bonds. The minimum absolute atomic E-state index is 0.499. The number of rotatable bonds is 6. The number of unbranched alkanes of at least 4 members (excludes halogenated alkanes) is 1. The van der Waals surface area contributed by atoms with Crippen LogP contribution in [0, 0.1) is 5.92 Å². The first-order chi connectivity index (χ1) is 8.35. The zero-order valence-electron chi connectivity index (χ0n) is 10.9. The van der Waals surface area contributed by atoms with Gasteiger partial charge in [0.05, 0.1) is 6.04 Å². The zero-order valence-corrected chi connectivity index (χ0v) is 10.9. The van der Waals surface area contributed by atoms with Crippen LogP contribution in [0.25, 0.3) is 0 Å². The lowest BCUT2D eigenvalue weighted by atomic mass is 9.87. The van der Waals surface area contributed by atoms with Crippen LogP contribution >= 0.6 is 0 Å². The number of hydrogen-bond donors (Lipinski definition) is 2. The van der Waals surface area contributed by atoms with Crippen molar-refractivity contribution in [2.24, 2.45) is 5.92 Å². The van der Waals surface area contributed by atoms with Gasteiger partial charge in [-0.15, -0.1) is 0 Å². The predicted molar refractivity (Wildman–Crippen MR) is 73.8 cm³/mol. The maximum absolute atomic E-state index is 3.47. The summed E-state index contributed by atoms with van der Waals surface area (Å²) >= 11 is 0. The molecule has 2 nitrogen and oxygen atoms in total. The second-order valence-corrected chi connectivity index (χ2v) is 5.04. The van der Waals surface area contributed by atoms with E-state index in [2.05, 4.69) is 55.1 Å². The Bertz CT molecular complexity index is 328. The van der Waals surface area contributed by atoms with Gasteiger partial charge in [-0.1, -0.05) is 44.1 Å². The van der Waals surface area contributed by atoms with E-state index in [1.165, 1.54) is 25.7 Å². The second-order valence-electron chi connectivity index (χ2n) is 5.04. The molecule has 0 spiro atoms. The van der Waals surface area contributed by atoms with Crippen LogP contribution in [0.1, 0.15) is 32.6 Å². The molecular formula is C15H24N2. The lowest BCUT2D eigenvalue weighted by Crippen LogP contribution is -2.28. The van der Waals surface area contributed by atoms with Gasteiger partial charge >= 0.3 is 0 Å². The highest BCUT2D eigenvalue weighted by atomic mass is 14.9. The van der Waals surface area contributed by atoms with Crippen molar-refractivity contribution in [3.63, 3.8) is 0 Å². The third-order valence-electron chi connectivity index (χ3n) is 3.82. The molecule has 0 bridgehead atoms. The molecular weight excluding hydrogens is 208 g/mol. The van der Waals surface area contributed by atoms with Gasteiger partial charge in [0, 0.05) is 12.0 Å². The van der Waals surface area contributed by atoms with Gasteiger partial charge in [0.2, 0.25) is 0 Å². The standard InChI is InChI=1S/C15H24N2/c1-3-4-7-13(16-2)10-12-11-17-15-9-6-5-8-14(12)15/h5-6,8-9,11,13-17H,3-4,7,10H2,1-2H3. The van der Waals surface area contributed by atoms with Crippen molar-refractivity contribution in [3.05, 3.63) is 36.1 Å². The molecule has 3 unspecified atom stereocenters. The summed E-state index contributed by atoms with van der Waals surface area (Å²) in [6, 6.07) is 1.12. The van der Waals surface area contributed by atoms with Crippen molar-refractivity contribution < 1.29 is 0 Å². The molecule has 94 valence electrons. The van der Waals surface area contributed by atoms with Crippen molar-refractivity contribution in [3.8, 4) is 0 Å². The summed E-state index contributed by atoms with van der Waals surface area (Å²) in [6.45, 7) is 2.26. The topological polar surface area (TPSA) is 24.1 Å². The van der Waals surface area contributed by atoms with Crippen molar-refractivity contribution in [1.29, 1.82) is 0 Å². The molecule has 3 atom stereocenters. The molecule has 2 heteroatoms. The Labute approximate surface area is 105 Å². The molecule has 0 aromatic heterocycles. The number of nitrogens with one attached hydrogen (secondary N) is 2. The Morgan fingerprint density at radius 3 is 2.94 bits per heavy atom. The van der Waals surface area contributed by atoms with E-state index in [0.29, 0.717) is 18.0 Å². The van der Waals surface area contributed by atoms with E-state index in [1.807, 2.05) is 0 Å². The average molecular weight is 232 g/mol. The number of allylic oxidation sites excluding steroid dienone is 2. The summed E-state index contributed by atoms with van der Waals surface area (Å²) < 4.78 is 0. The van der Waals surface area contributed by atoms with Crippen LogP contribution < -0.4 is 10.6 Å². The highest BCUT2D eigenvalue weighted by Gasteiger charge is 2.27. The van der Waals surface area contributed by atoms with E-state index >= 15 is 0 Å². The van der Waals surface area contributed by atoms with Crippen molar-refractivity contribution in [2.75, 3.05) is 7.05 Å². The molecule has 1 aliphatic carbocycles. The highest BCUT2D eigenvalue weighted by molar-refractivity contribution is 5.31. The van der Waals surface area contributed by atoms with Gasteiger partial charge in [-0.3, -0.25) is 0 Å². The smallest absolute Gasteiger partial charge is 0.0542 e. The fourth-order valence-electron chi connectivity index (χ4n) is 2.70. The monoisotopic (exact) mass is 232 g/mol. The first kappa shape index (κ1) is 12.4. The molecule has 17 heavy (non-hydrogen) atoms. The molecule has 0 saturated heterocycles. The van der Waals surface area contributed by atoms with Crippen LogP contribution in [0.5, 0.6) is 0 Å². The van der Waals surface area contributed by atoms with Gasteiger partial charge < -0.3 is 10.6 Å². The third kappa shape index (κ3) is 3.01. The van der Waals surface area contributed by atoms with Gasteiger partial charge in [-0.25, -0.2) is 0 Å². The average Bonchev–Trinajstić information content (AvgIpc) is 2.78. The maximum Gasteiger partial charge on any atom is 0.0542 e. The van der Waals surface area contributed by atoms with Crippen LogP contribution in [-0.2, 0) is 0 Å². The summed E-state index contributed by atoms with van der Waals surface area (Å²) in [5, 5.41) is 6.91. The largest absolute Gasteiger partial charge is 0.384 e.